The van der Waals surface area contributed by atoms with Crippen molar-refractivity contribution >= 4 is 6.09 Å². The monoisotopic (exact) mass is 336 g/mol. The van der Waals surface area contributed by atoms with E-state index in [0.717, 1.165) is 5.57 Å². The molecule has 0 radical (unpaired) electrons. The largest absolute Gasteiger partial charge is 0.444 e. The van der Waals surface area contributed by atoms with E-state index >= 15 is 0 Å². The fourth-order valence-electron chi connectivity index (χ4n) is 2.90. The number of carbonyl (C=O) groups excluding carboxylic acids is 1. The van der Waals surface area contributed by atoms with Crippen molar-refractivity contribution in [1.29, 1.82) is 0 Å². The maximum atomic E-state index is 12.8. The molecule has 1 fully saturated rings. The highest BCUT2D eigenvalue weighted by molar-refractivity contribution is 5.70. The Balaban J connectivity index is 3.27. The van der Waals surface area contributed by atoms with Gasteiger partial charge in [0.05, 0.1) is 6.04 Å². The van der Waals surface area contributed by atoms with Gasteiger partial charge in [0.25, 0.3) is 0 Å². The zero-order valence-electron chi connectivity index (χ0n) is 16.1. The molecule has 1 heterocycles. The number of nitrogens with zero attached hydrogens (tertiary/aromatic N) is 2. The van der Waals surface area contributed by atoms with Crippen LogP contribution < -0.4 is 0 Å². The van der Waals surface area contributed by atoms with Gasteiger partial charge in [-0.1, -0.05) is 31.4 Å². The quantitative estimate of drug-likeness (QED) is 0.720. The van der Waals surface area contributed by atoms with Crippen molar-refractivity contribution < 1.29 is 14.3 Å². The van der Waals surface area contributed by atoms with Crippen LogP contribution >= 0.6 is 0 Å². The van der Waals surface area contributed by atoms with Crippen LogP contribution in [0.2, 0.25) is 0 Å². The summed E-state index contributed by atoms with van der Waals surface area (Å²) < 4.78 is 11.8. The lowest BCUT2D eigenvalue weighted by Gasteiger charge is -2.36. The van der Waals surface area contributed by atoms with Gasteiger partial charge in [0, 0.05) is 6.54 Å². The highest BCUT2D eigenvalue weighted by Gasteiger charge is 2.51. The molecule has 0 aromatic rings. The van der Waals surface area contributed by atoms with Crippen LogP contribution in [0, 0.1) is 0 Å². The highest BCUT2D eigenvalue weighted by atomic mass is 16.6. The molecule has 24 heavy (non-hydrogen) atoms. The number of hydrogen-bond acceptors (Lipinski definition) is 4. The molecule has 0 aliphatic carbocycles. The van der Waals surface area contributed by atoms with Crippen LogP contribution in [0.3, 0.4) is 0 Å². The van der Waals surface area contributed by atoms with Crippen molar-refractivity contribution in [2.75, 3.05) is 20.6 Å². The number of likely N-dealkylation sites (N-methyl/N-ethyl adjacent to an activating group) is 1. The van der Waals surface area contributed by atoms with Crippen LogP contribution in [0.25, 0.3) is 0 Å². The molecule has 1 aliphatic rings. The Bertz CT molecular complexity index is 515. The number of carbonyl (C=O) groups is 1. The molecule has 1 rings (SSSR count). The maximum absolute atomic E-state index is 12.8. The summed E-state index contributed by atoms with van der Waals surface area (Å²) in [6, 6.07) is -0.186. The van der Waals surface area contributed by atoms with Crippen LogP contribution in [0.1, 0.15) is 34.6 Å². The van der Waals surface area contributed by atoms with Crippen molar-refractivity contribution in [2.45, 2.75) is 58.1 Å². The van der Waals surface area contributed by atoms with E-state index in [1.165, 1.54) is 0 Å². The molecule has 0 bridgehead atoms. The molecule has 0 N–H and O–H groups in total. The van der Waals surface area contributed by atoms with Gasteiger partial charge in [0.15, 0.2) is 0 Å². The molecule has 0 aromatic heterocycles. The van der Waals surface area contributed by atoms with E-state index in [-0.39, 0.29) is 18.2 Å². The summed E-state index contributed by atoms with van der Waals surface area (Å²) in [7, 11) is 3.95. The minimum absolute atomic E-state index is 0.186. The maximum Gasteiger partial charge on any atom is 0.412 e. The van der Waals surface area contributed by atoms with Crippen LogP contribution in [-0.4, -0.2) is 60.0 Å². The first kappa shape index (κ1) is 20.5. The SMILES string of the molecule is C=C/C=C(\C=C)[C@H]1OC(C)(C)N(C(=O)OC(C)(C)C)[C@@H]1CN(C)C. The molecule has 5 heteroatoms. The zero-order valence-corrected chi connectivity index (χ0v) is 16.1. The molecule has 2 atom stereocenters. The average molecular weight is 336 g/mol. The Hall–Kier alpha value is -1.59. The van der Waals surface area contributed by atoms with Gasteiger partial charge in [-0.2, -0.15) is 0 Å². The Kier molecular flexibility index (Phi) is 6.42. The zero-order chi connectivity index (χ0) is 18.7. The van der Waals surface area contributed by atoms with Crippen molar-refractivity contribution in [3.8, 4) is 0 Å². The molecule has 1 amide bonds. The summed E-state index contributed by atoms with van der Waals surface area (Å²) >= 11 is 0. The van der Waals surface area contributed by atoms with Crippen molar-refractivity contribution in [1.82, 2.24) is 9.80 Å². The summed E-state index contributed by atoms with van der Waals surface area (Å²) in [5, 5.41) is 0. The standard InChI is InChI=1S/C19H32N2O3/c1-10-12-14(11-2)16-15(13-20(8)9)21(19(6,7)23-16)17(22)24-18(3,4)5/h10-12,15-16H,1-2,13H2,3-9H3/b14-12+/t15-,16-/m1/s1. The van der Waals surface area contributed by atoms with Crippen molar-refractivity contribution in [3.63, 3.8) is 0 Å². The van der Waals surface area contributed by atoms with Crippen molar-refractivity contribution in [3.05, 3.63) is 37.0 Å². The van der Waals surface area contributed by atoms with Gasteiger partial charge in [-0.3, -0.25) is 4.90 Å². The summed E-state index contributed by atoms with van der Waals surface area (Å²) in [4.78, 5) is 16.6. The smallest absolute Gasteiger partial charge is 0.412 e. The van der Waals surface area contributed by atoms with E-state index in [2.05, 4.69) is 13.2 Å². The van der Waals surface area contributed by atoms with E-state index in [1.807, 2.05) is 59.7 Å². The highest BCUT2D eigenvalue weighted by Crippen LogP contribution is 2.37. The number of hydrogen-bond donors (Lipinski definition) is 0. The van der Waals surface area contributed by atoms with E-state index in [0.29, 0.717) is 6.54 Å². The fraction of sp³-hybridized carbons (Fsp3) is 0.632. The Morgan fingerprint density at radius 2 is 1.92 bits per heavy atom. The predicted molar refractivity (Wildman–Crippen MR) is 97.8 cm³/mol. The third-order valence-corrected chi connectivity index (χ3v) is 3.69. The molecule has 0 unspecified atom stereocenters. The van der Waals surface area contributed by atoms with Gasteiger partial charge in [-0.05, 0) is 54.3 Å². The molecular formula is C19H32N2O3. The van der Waals surface area contributed by atoms with Crippen molar-refractivity contribution in [2.24, 2.45) is 0 Å². The number of allylic oxidation sites excluding steroid dienone is 2. The number of ether oxygens (including phenoxy) is 2. The van der Waals surface area contributed by atoms with E-state index in [1.54, 1.807) is 17.1 Å². The summed E-state index contributed by atoms with van der Waals surface area (Å²) in [5.74, 6) is 0. The second kappa shape index (κ2) is 7.53. The van der Waals surface area contributed by atoms with Crippen LogP contribution in [0.5, 0.6) is 0 Å². The Labute approximate surface area is 146 Å². The minimum Gasteiger partial charge on any atom is -0.444 e. The lowest BCUT2D eigenvalue weighted by atomic mass is 10.0. The summed E-state index contributed by atoms with van der Waals surface area (Å²) in [5.41, 5.74) is -0.445. The van der Waals surface area contributed by atoms with Gasteiger partial charge in [-0.15, -0.1) is 0 Å². The fourth-order valence-corrected chi connectivity index (χ4v) is 2.90. The molecule has 1 aliphatic heterocycles. The lowest BCUT2D eigenvalue weighted by molar-refractivity contribution is -0.0728. The predicted octanol–water partition coefficient (Wildman–Crippen LogP) is 3.59. The first-order valence-electron chi connectivity index (χ1n) is 8.23. The Morgan fingerprint density at radius 3 is 2.33 bits per heavy atom. The molecule has 0 spiro atoms. The second-order valence-electron chi connectivity index (χ2n) is 7.77. The van der Waals surface area contributed by atoms with Gasteiger partial charge in [0.2, 0.25) is 0 Å². The van der Waals surface area contributed by atoms with Crippen LogP contribution in [0.4, 0.5) is 4.79 Å². The van der Waals surface area contributed by atoms with Crippen LogP contribution in [-0.2, 0) is 9.47 Å². The molecule has 136 valence electrons. The number of rotatable bonds is 5. The number of amides is 1. The topological polar surface area (TPSA) is 42.0 Å². The first-order chi connectivity index (χ1) is 10.9. The molecule has 5 nitrogen and oxygen atoms in total. The summed E-state index contributed by atoms with van der Waals surface area (Å²) in [6.45, 7) is 17.6. The second-order valence-corrected chi connectivity index (χ2v) is 7.77. The average Bonchev–Trinajstić information content (AvgIpc) is 2.64. The Morgan fingerprint density at radius 1 is 1.33 bits per heavy atom. The normalized spacial score (nSPS) is 24.2. The lowest BCUT2D eigenvalue weighted by Crippen LogP contribution is -2.53. The summed E-state index contributed by atoms with van der Waals surface area (Å²) in [6.07, 6.45) is 4.67. The van der Waals surface area contributed by atoms with E-state index in [9.17, 15) is 4.79 Å². The van der Waals surface area contributed by atoms with E-state index < -0.39 is 11.3 Å². The minimum atomic E-state index is -0.781. The molecule has 1 saturated heterocycles. The third-order valence-electron chi connectivity index (χ3n) is 3.69. The molecular weight excluding hydrogens is 304 g/mol. The van der Waals surface area contributed by atoms with E-state index in [4.69, 9.17) is 9.47 Å². The van der Waals surface area contributed by atoms with Gasteiger partial charge in [0.1, 0.15) is 17.4 Å². The molecule has 0 aromatic carbocycles. The van der Waals surface area contributed by atoms with Crippen LogP contribution in [0.15, 0.2) is 37.0 Å². The van der Waals surface area contributed by atoms with Gasteiger partial charge < -0.3 is 14.4 Å². The molecule has 0 saturated carbocycles. The third kappa shape index (κ3) is 4.95. The first-order valence-corrected chi connectivity index (χ1v) is 8.23. The van der Waals surface area contributed by atoms with Gasteiger partial charge >= 0.3 is 6.09 Å². The van der Waals surface area contributed by atoms with Gasteiger partial charge in [-0.25, -0.2) is 4.79 Å².